The smallest absolute Gasteiger partial charge is 0.123 e. The zero-order valence-electron chi connectivity index (χ0n) is 16.6. The second-order valence-electron chi connectivity index (χ2n) is 7.81. The highest BCUT2D eigenvalue weighted by Crippen LogP contribution is 2.19. The molecule has 0 aliphatic carbocycles. The third-order valence-corrected chi connectivity index (χ3v) is 5.25. The van der Waals surface area contributed by atoms with Gasteiger partial charge in [-0.3, -0.25) is 0 Å². The van der Waals surface area contributed by atoms with Gasteiger partial charge in [-0.25, -0.2) is 23.2 Å². The van der Waals surface area contributed by atoms with Crippen molar-refractivity contribution in [2.24, 2.45) is 5.92 Å². The number of rotatable bonds is 6. The fraction of sp³-hybridized carbons (Fsp3) is 0.250. The van der Waals surface area contributed by atoms with Crippen molar-refractivity contribution in [1.82, 2.24) is 15.6 Å². The Morgan fingerprint density at radius 2 is 0.967 bits per heavy atom. The van der Waals surface area contributed by atoms with Crippen LogP contribution in [0, 0.1) is 23.4 Å². The topological polar surface area (TPSA) is 18.5 Å². The molecule has 0 spiro atoms. The van der Waals surface area contributed by atoms with E-state index in [-0.39, 0.29) is 17.5 Å². The fourth-order valence-corrected chi connectivity index (χ4v) is 3.87. The van der Waals surface area contributed by atoms with Gasteiger partial charge in [0.25, 0.3) is 0 Å². The summed E-state index contributed by atoms with van der Waals surface area (Å²) in [6.45, 7) is 2.85. The molecule has 0 amide bonds. The molecule has 3 aromatic carbocycles. The average Bonchev–Trinajstić information content (AvgIpc) is 2.73. The van der Waals surface area contributed by atoms with Crippen LogP contribution in [0.2, 0.25) is 0 Å². The van der Waals surface area contributed by atoms with Gasteiger partial charge in [0, 0.05) is 26.2 Å². The molecular weight excluding hydrogens is 387 g/mol. The molecule has 0 unspecified atom stereocenters. The van der Waals surface area contributed by atoms with Crippen LogP contribution in [0.3, 0.4) is 0 Å². The summed E-state index contributed by atoms with van der Waals surface area (Å²) in [6, 6.07) is 19.6. The zero-order valence-corrected chi connectivity index (χ0v) is 16.6. The predicted octanol–water partition coefficient (Wildman–Crippen LogP) is 4.70. The first-order valence-corrected chi connectivity index (χ1v) is 10.0. The van der Waals surface area contributed by atoms with Crippen molar-refractivity contribution in [2.45, 2.75) is 19.5 Å². The van der Waals surface area contributed by atoms with Gasteiger partial charge in [-0.2, -0.15) is 5.53 Å². The molecule has 4 rings (SSSR count). The largest absolute Gasteiger partial charge is 0.226 e. The molecule has 30 heavy (non-hydrogen) atoms. The van der Waals surface area contributed by atoms with Gasteiger partial charge in [-0.1, -0.05) is 36.4 Å². The second kappa shape index (κ2) is 9.43. The quantitative estimate of drug-likeness (QED) is 0.634. The third-order valence-electron chi connectivity index (χ3n) is 5.25. The minimum Gasteiger partial charge on any atom is -0.226 e. The molecule has 1 saturated heterocycles. The van der Waals surface area contributed by atoms with Gasteiger partial charge in [-0.15, -0.1) is 0 Å². The molecule has 0 atom stereocenters. The van der Waals surface area contributed by atoms with Gasteiger partial charge >= 0.3 is 0 Å². The fourth-order valence-electron chi connectivity index (χ4n) is 3.87. The van der Waals surface area contributed by atoms with Gasteiger partial charge in [0.1, 0.15) is 17.5 Å². The van der Waals surface area contributed by atoms with Gasteiger partial charge in [-0.05, 0) is 65.4 Å². The Morgan fingerprint density at radius 1 is 0.600 bits per heavy atom. The van der Waals surface area contributed by atoms with Gasteiger partial charge in [0.05, 0.1) is 0 Å². The average molecular weight is 411 g/mol. The maximum atomic E-state index is 13.3. The lowest BCUT2D eigenvalue weighted by molar-refractivity contribution is -0.0540. The van der Waals surface area contributed by atoms with Crippen LogP contribution < -0.4 is 5.53 Å². The van der Waals surface area contributed by atoms with Crippen LogP contribution in [0.4, 0.5) is 13.2 Å². The summed E-state index contributed by atoms with van der Waals surface area (Å²) in [6.07, 6.45) is 0.821. The monoisotopic (exact) mass is 411 g/mol. The molecule has 0 aromatic heterocycles. The van der Waals surface area contributed by atoms with Crippen molar-refractivity contribution in [3.63, 3.8) is 0 Å². The molecule has 0 radical (unpaired) electrons. The first kappa shape index (κ1) is 20.6. The van der Waals surface area contributed by atoms with Gasteiger partial charge in [0.2, 0.25) is 0 Å². The van der Waals surface area contributed by atoms with Crippen LogP contribution in [0.15, 0.2) is 72.8 Å². The Kier molecular flexibility index (Phi) is 6.47. The molecule has 3 aromatic rings. The van der Waals surface area contributed by atoms with Crippen LogP contribution in [-0.4, -0.2) is 23.1 Å². The number of hydrogen-bond donors (Lipinski definition) is 1. The van der Waals surface area contributed by atoms with Crippen molar-refractivity contribution < 1.29 is 13.2 Å². The molecule has 1 aliphatic rings. The molecular formula is C24H24F3N3. The van der Waals surface area contributed by atoms with Crippen molar-refractivity contribution in [3.8, 4) is 0 Å². The second-order valence-corrected chi connectivity index (χ2v) is 7.81. The van der Waals surface area contributed by atoms with Crippen molar-refractivity contribution >= 4 is 0 Å². The molecule has 1 N–H and O–H groups in total. The highest BCUT2D eigenvalue weighted by molar-refractivity contribution is 5.19. The third kappa shape index (κ3) is 5.69. The van der Waals surface area contributed by atoms with E-state index in [2.05, 4.69) is 15.6 Å². The van der Waals surface area contributed by atoms with E-state index in [4.69, 9.17) is 0 Å². The molecule has 3 nitrogen and oxygen atoms in total. The van der Waals surface area contributed by atoms with Crippen molar-refractivity contribution in [3.05, 3.63) is 107 Å². The van der Waals surface area contributed by atoms with Crippen LogP contribution in [-0.2, 0) is 19.5 Å². The van der Waals surface area contributed by atoms with E-state index in [1.165, 1.54) is 36.4 Å². The highest BCUT2D eigenvalue weighted by atomic mass is 19.1. The SMILES string of the molecule is Fc1ccc(CC2CN(Cc3ccc(F)cc3)NN(Cc3ccc(F)cc3)C2)cc1. The van der Waals surface area contributed by atoms with Gasteiger partial charge < -0.3 is 0 Å². The first-order chi connectivity index (χ1) is 14.5. The zero-order chi connectivity index (χ0) is 20.9. The predicted molar refractivity (Wildman–Crippen MR) is 110 cm³/mol. The molecule has 1 fully saturated rings. The molecule has 1 aliphatic heterocycles. The number of nitrogens with one attached hydrogen (secondary N) is 1. The van der Waals surface area contributed by atoms with E-state index < -0.39 is 0 Å². The summed E-state index contributed by atoms with van der Waals surface area (Å²) < 4.78 is 39.7. The maximum absolute atomic E-state index is 13.3. The van der Waals surface area contributed by atoms with Crippen LogP contribution >= 0.6 is 0 Å². The minimum atomic E-state index is -0.252. The van der Waals surface area contributed by atoms with Crippen LogP contribution in [0.1, 0.15) is 16.7 Å². The normalized spacial score (nSPS) is 16.1. The van der Waals surface area contributed by atoms with E-state index in [1.807, 2.05) is 12.1 Å². The summed E-state index contributed by atoms with van der Waals surface area (Å²) in [7, 11) is 0. The summed E-state index contributed by atoms with van der Waals surface area (Å²) in [5, 5.41) is 4.21. The number of hydrogen-bond acceptors (Lipinski definition) is 3. The van der Waals surface area contributed by atoms with Gasteiger partial charge in [0.15, 0.2) is 0 Å². The summed E-state index contributed by atoms with van der Waals surface area (Å²) >= 11 is 0. The number of halogens is 3. The Bertz CT molecular complexity index is 810. The summed E-state index contributed by atoms with van der Waals surface area (Å²) in [5.74, 6) is -0.424. The molecule has 1 heterocycles. The molecule has 156 valence electrons. The van der Waals surface area contributed by atoms with E-state index >= 15 is 0 Å². The minimum absolute atomic E-state index is 0.236. The van der Waals surface area contributed by atoms with Crippen molar-refractivity contribution in [2.75, 3.05) is 13.1 Å². The lowest BCUT2D eigenvalue weighted by Crippen LogP contribution is -2.58. The number of benzene rings is 3. The first-order valence-electron chi connectivity index (χ1n) is 10.0. The highest BCUT2D eigenvalue weighted by Gasteiger charge is 2.25. The van der Waals surface area contributed by atoms with E-state index in [0.717, 1.165) is 36.2 Å². The number of hydrazine groups is 2. The standard InChI is InChI=1S/C24H24F3N3/c25-22-7-1-18(2-8-22)13-21-16-29(14-19-3-9-23(26)10-4-19)28-30(17-21)15-20-5-11-24(27)12-6-20/h1-12,21,28H,13-17H2. The van der Waals surface area contributed by atoms with Crippen molar-refractivity contribution in [1.29, 1.82) is 0 Å². The van der Waals surface area contributed by atoms with Crippen LogP contribution in [0.25, 0.3) is 0 Å². The number of nitrogens with zero attached hydrogens (tertiary/aromatic N) is 2. The maximum Gasteiger partial charge on any atom is 0.123 e. The summed E-state index contributed by atoms with van der Waals surface area (Å²) in [4.78, 5) is 0. The van der Waals surface area contributed by atoms with E-state index in [9.17, 15) is 13.2 Å². The lowest BCUT2D eigenvalue weighted by Gasteiger charge is -2.41. The van der Waals surface area contributed by atoms with E-state index in [1.54, 1.807) is 24.3 Å². The summed E-state index contributed by atoms with van der Waals surface area (Å²) in [5.41, 5.74) is 6.53. The molecule has 0 bridgehead atoms. The molecule has 6 heteroatoms. The Morgan fingerprint density at radius 3 is 1.37 bits per heavy atom. The van der Waals surface area contributed by atoms with E-state index in [0.29, 0.717) is 19.0 Å². The lowest BCUT2D eigenvalue weighted by atomic mass is 9.97. The molecule has 0 saturated carbocycles. The van der Waals surface area contributed by atoms with Crippen LogP contribution in [0.5, 0.6) is 0 Å². The Labute approximate surface area is 174 Å². The Hall–Kier alpha value is -2.67. The Balaban J connectivity index is 1.47.